The van der Waals surface area contributed by atoms with Gasteiger partial charge >= 0.3 is 142 Å². The average molecular weight is 390 g/mol. The van der Waals surface area contributed by atoms with Gasteiger partial charge in [-0.1, -0.05) is 0 Å². The molecule has 24 heavy (non-hydrogen) atoms. The molecule has 0 spiro atoms. The van der Waals surface area contributed by atoms with Crippen molar-refractivity contribution in [3.8, 4) is 0 Å². The molecule has 0 atom stereocenters. The number of nitrogens with zero attached hydrogens (tertiary/aromatic N) is 1. The Morgan fingerprint density at radius 1 is 0.792 bits per heavy atom. The zero-order valence-electron chi connectivity index (χ0n) is 12.5. The van der Waals surface area contributed by atoms with Crippen molar-refractivity contribution in [3.05, 3.63) is 60.7 Å². The molecule has 4 aromatic rings. The summed E-state index contributed by atoms with van der Waals surface area (Å²) in [6.07, 6.45) is -4.16. The average Bonchev–Trinajstić information content (AvgIpc) is 2.58. The van der Waals surface area contributed by atoms with Crippen molar-refractivity contribution in [1.29, 1.82) is 0 Å². The Morgan fingerprint density at radius 3 is 2.29 bits per heavy atom. The Labute approximate surface area is 142 Å². The van der Waals surface area contributed by atoms with Gasteiger partial charge in [0.2, 0.25) is 0 Å². The van der Waals surface area contributed by atoms with Crippen molar-refractivity contribution in [2.24, 2.45) is 0 Å². The molecule has 0 saturated heterocycles. The van der Waals surface area contributed by atoms with E-state index in [-0.39, 0.29) is 0 Å². The van der Waals surface area contributed by atoms with Crippen LogP contribution in [0.4, 0.5) is 13.2 Å². The Hall–Kier alpha value is -2.10. The molecule has 0 unspecified atom stereocenters. The fraction of sp³-hybridized carbons (Fsp3) is 0.105. The first-order valence-corrected chi connectivity index (χ1v) is 9.49. The van der Waals surface area contributed by atoms with Crippen LogP contribution in [0.3, 0.4) is 0 Å². The molecule has 0 aliphatic rings. The second-order valence-electron chi connectivity index (χ2n) is 5.55. The van der Waals surface area contributed by atoms with Gasteiger partial charge in [0.1, 0.15) is 0 Å². The molecule has 0 amide bonds. The fourth-order valence-electron chi connectivity index (χ4n) is 2.95. The summed E-state index contributed by atoms with van der Waals surface area (Å²) in [6.45, 7) is 0. The Morgan fingerprint density at radius 2 is 1.50 bits per heavy atom. The van der Waals surface area contributed by atoms with Crippen LogP contribution in [0.2, 0.25) is 5.32 Å². The summed E-state index contributed by atoms with van der Waals surface area (Å²) in [4.78, 5) is 4.54. The molecule has 0 aliphatic heterocycles. The van der Waals surface area contributed by atoms with E-state index in [9.17, 15) is 13.2 Å². The molecule has 0 N–H and O–H groups in total. The number of halogens is 3. The van der Waals surface area contributed by atoms with Crippen molar-refractivity contribution < 1.29 is 13.2 Å². The minimum absolute atomic E-state index is 0.569. The predicted molar refractivity (Wildman–Crippen MR) is 93.0 cm³/mol. The van der Waals surface area contributed by atoms with Gasteiger partial charge in [-0.15, -0.1) is 0 Å². The molecule has 0 saturated carbocycles. The molecule has 5 heteroatoms. The summed E-state index contributed by atoms with van der Waals surface area (Å²) < 4.78 is 38.7. The molecule has 1 aromatic heterocycles. The quantitative estimate of drug-likeness (QED) is 0.352. The molecule has 3 aromatic carbocycles. The van der Waals surface area contributed by atoms with Gasteiger partial charge < -0.3 is 0 Å². The summed E-state index contributed by atoms with van der Waals surface area (Å²) in [7, 11) is 0. The third-order valence-electron chi connectivity index (χ3n) is 3.93. The molecular formula is C19H12F3NSe. The number of hydrogen-bond acceptors (Lipinski definition) is 1. The van der Waals surface area contributed by atoms with Crippen molar-refractivity contribution in [2.75, 3.05) is 0 Å². The fourth-order valence-corrected chi connectivity index (χ4v) is 4.61. The first kappa shape index (κ1) is 15.4. The van der Waals surface area contributed by atoms with Crippen LogP contribution >= 0.6 is 0 Å². The summed E-state index contributed by atoms with van der Waals surface area (Å²) in [5.41, 5.74) is 0.750. The summed E-state index contributed by atoms with van der Waals surface area (Å²) in [6, 6.07) is 19.5. The van der Waals surface area contributed by atoms with Crippen molar-refractivity contribution in [1.82, 2.24) is 4.98 Å². The first-order valence-electron chi connectivity index (χ1n) is 7.43. The monoisotopic (exact) mass is 391 g/mol. The van der Waals surface area contributed by atoms with Crippen LogP contribution in [0.25, 0.3) is 32.4 Å². The van der Waals surface area contributed by atoms with Crippen molar-refractivity contribution >= 4 is 52.0 Å². The molecule has 1 heterocycles. The van der Waals surface area contributed by atoms with E-state index < -0.39 is 26.5 Å². The van der Waals surface area contributed by atoms with Crippen molar-refractivity contribution in [3.63, 3.8) is 0 Å². The molecular weight excluding hydrogens is 378 g/mol. The van der Waals surface area contributed by atoms with Crippen LogP contribution < -0.4 is 4.59 Å². The second-order valence-corrected chi connectivity index (χ2v) is 7.57. The second kappa shape index (κ2) is 5.76. The van der Waals surface area contributed by atoms with E-state index >= 15 is 0 Å². The molecule has 120 valence electrons. The van der Waals surface area contributed by atoms with Gasteiger partial charge in [-0.25, -0.2) is 0 Å². The first-order chi connectivity index (χ1) is 11.5. The number of para-hydroxylation sites is 1. The number of fused-ring (bicyclic) bond motifs is 5. The van der Waals surface area contributed by atoms with E-state index in [2.05, 4.69) is 4.98 Å². The van der Waals surface area contributed by atoms with Gasteiger partial charge in [-0.3, -0.25) is 0 Å². The standard InChI is InChI=1S/C19H12F3NSe/c20-19(21,22)11-24-18-15-10-9-12-5-1-2-6-13(12)17(15)14-7-3-4-8-16(14)23-18/h1-10H,11H2. The molecule has 0 bridgehead atoms. The third kappa shape index (κ3) is 2.74. The van der Waals surface area contributed by atoms with Crippen LogP contribution in [-0.4, -0.2) is 26.1 Å². The van der Waals surface area contributed by atoms with Crippen LogP contribution in [0.15, 0.2) is 60.7 Å². The summed E-state index contributed by atoms with van der Waals surface area (Å²) in [5.74, 6) is 0. The van der Waals surface area contributed by atoms with Gasteiger partial charge in [0.25, 0.3) is 0 Å². The Balaban J connectivity index is 2.07. The van der Waals surface area contributed by atoms with Crippen LogP contribution in [0, 0.1) is 0 Å². The molecule has 0 fully saturated rings. The number of aromatic nitrogens is 1. The van der Waals surface area contributed by atoms with Crippen LogP contribution in [0.5, 0.6) is 0 Å². The number of hydrogen-bond donors (Lipinski definition) is 0. The maximum atomic E-state index is 12.7. The van der Waals surface area contributed by atoms with E-state index in [1.165, 1.54) is 0 Å². The topological polar surface area (TPSA) is 12.9 Å². The summed E-state index contributed by atoms with van der Waals surface area (Å²) in [5, 5.41) is 4.14. The minimum atomic E-state index is -4.16. The zero-order valence-corrected chi connectivity index (χ0v) is 14.2. The zero-order chi connectivity index (χ0) is 16.7. The SMILES string of the molecule is FC(F)(F)C[Se]c1nc2ccccc2c2c1ccc1ccccc12. The van der Waals surface area contributed by atoms with Gasteiger partial charge in [0, 0.05) is 0 Å². The maximum absolute atomic E-state index is 12.7. The third-order valence-corrected chi connectivity index (χ3v) is 6.14. The van der Waals surface area contributed by atoms with E-state index in [1.54, 1.807) is 0 Å². The van der Waals surface area contributed by atoms with Gasteiger partial charge in [0.15, 0.2) is 0 Å². The predicted octanol–water partition coefficient (Wildman–Crippen LogP) is 4.85. The number of benzene rings is 3. The van der Waals surface area contributed by atoms with Gasteiger partial charge in [0.05, 0.1) is 0 Å². The Bertz CT molecular complexity index is 1040. The van der Waals surface area contributed by atoms with E-state index in [4.69, 9.17) is 0 Å². The van der Waals surface area contributed by atoms with Crippen LogP contribution in [-0.2, 0) is 0 Å². The number of rotatable bonds is 2. The van der Waals surface area contributed by atoms with Gasteiger partial charge in [-0.05, 0) is 0 Å². The van der Waals surface area contributed by atoms with Crippen molar-refractivity contribution in [2.45, 2.75) is 11.5 Å². The molecule has 0 radical (unpaired) electrons. The van der Waals surface area contributed by atoms with E-state index in [1.807, 2.05) is 60.7 Å². The number of pyridine rings is 1. The normalized spacial score (nSPS) is 12.3. The van der Waals surface area contributed by atoms with E-state index in [0.717, 1.165) is 32.4 Å². The van der Waals surface area contributed by atoms with Gasteiger partial charge in [-0.2, -0.15) is 0 Å². The Kier molecular flexibility index (Phi) is 3.70. The van der Waals surface area contributed by atoms with E-state index in [0.29, 0.717) is 4.59 Å². The molecule has 0 aliphatic carbocycles. The van der Waals surface area contributed by atoms with Crippen LogP contribution in [0.1, 0.15) is 0 Å². The number of alkyl halides is 3. The summed E-state index contributed by atoms with van der Waals surface area (Å²) >= 11 is -0.747. The molecule has 4 rings (SSSR count). The molecule has 1 nitrogen and oxygen atoms in total.